The summed E-state index contributed by atoms with van der Waals surface area (Å²) in [4.78, 5) is 16.0. The lowest BCUT2D eigenvalue weighted by molar-refractivity contribution is 0.0951. The van der Waals surface area contributed by atoms with E-state index in [1.807, 2.05) is 54.6 Å². The molecular formula is C19H18N4O2. The molecule has 0 saturated carbocycles. The number of para-hydroxylation sites is 1. The highest BCUT2D eigenvalue weighted by molar-refractivity contribution is 5.98. The van der Waals surface area contributed by atoms with Crippen LogP contribution in [0.2, 0.25) is 0 Å². The van der Waals surface area contributed by atoms with Crippen LogP contribution in [-0.4, -0.2) is 10.9 Å². The van der Waals surface area contributed by atoms with Gasteiger partial charge in [-0.3, -0.25) is 4.79 Å². The molecule has 0 atom stereocenters. The van der Waals surface area contributed by atoms with Crippen LogP contribution in [0.15, 0.2) is 66.7 Å². The van der Waals surface area contributed by atoms with E-state index >= 15 is 0 Å². The van der Waals surface area contributed by atoms with E-state index in [1.165, 1.54) is 0 Å². The summed E-state index contributed by atoms with van der Waals surface area (Å²) in [5, 5.41) is 2.80. The molecule has 1 heterocycles. The molecule has 0 spiro atoms. The highest BCUT2D eigenvalue weighted by Gasteiger charge is 2.10. The molecule has 1 amide bonds. The first kappa shape index (κ1) is 16.3. The molecule has 0 aliphatic heterocycles. The second-order valence-corrected chi connectivity index (χ2v) is 5.41. The molecule has 0 saturated heterocycles. The number of aromatic nitrogens is 1. The Morgan fingerprint density at radius 2 is 1.60 bits per heavy atom. The molecule has 3 rings (SSSR count). The zero-order valence-electron chi connectivity index (χ0n) is 13.5. The van der Waals surface area contributed by atoms with Gasteiger partial charge in [0.2, 0.25) is 0 Å². The number of benzene rings is 2. The van der Waals surface area contributed by atoms with Gasteiger partial charge in [-0.1, -0.05) is 30.3 Å². The molecule has 0 fully saturated rings. The number of nitrogens with two attached hydrogens (primary N) is 2. The van der Waals surface area contributed by atoms with E-state index in [2.05, 4.69) is 10.3 Å². The molecule has 1 aromatic heterocycles. The van der Waals surface area contributed by atoms with E-state index in [9.17, 15) is 4.79 Å². The molecular weight excluding hydrogens is 316 g/mol. The third kappa shape index (κ3) is 4.26. The minimum Gasteiger partial charge on any atom is -0.457 e. The summed E-state index contributed by atoms with van der Waals surface area (Å²) in [5.41, 5.74) is 12.5. The van der Waals surface area contributed by atoms with E-state index in [-0.39, 0.29) is 17.5 Å². The van der Waals surface area contributed by atoms with Crippen LogP contribution < -0.4 is 21.5 Å². The third-order valence-electron chi connectivity index (χ3n) is 3.55. The largest absolute Gasteiger partial charge is 0.457 e. The highest BCUT2D eigenvalue weighted by atomic mass is 16.5. The molecule has 0 radical (unpaired) electrons. The van der Waals surface area contributed by atoms with Gasteiger partial charge in [0, 0.05) is 6.54 Å². The molecule has 5 N–H and O–H groups in total. The van der Waals surface area contributed by atoms with Crippen LogP contribution in [0.4, 0.5) is 11.6 Å². The number of nitrogen functional groups attached to an aromatic ring is 2. The van der Waals surface area contributed by atoms with Crippen LogP contribution in [0.25, 0.3) is 0 Å². The van der Waals surface area contributed by atoms with Gasteiger partial charge in [0.25, 0.3) is 5.91 Å². The number of hydrogen-bond acceptors (Lipinski definition) is 5. The molecule has 0 aliphatic rings. The topological polar surface area (TPSA) is 103 Å². The average Bonchev–Trinajstić information content (AvgIpc) is 2.62. The van der Waals surface area contributed by atoms with Crippen molar-refractivity contribution < 1.29 is 9.53 Å². The van der Waals surface area contributed by atoms with Gasteiger partial charge in [-0.15, -0.1) is 0 Å². The van der Waals surface area contributed by atoms with Crippen LogP contribution in [0, 0.1) is 0 Å². The van der Waals surface area contributed by atoms with Crippen LogP contribution in [0.3, 0.4) is 0 Å². The number of carbonyl (C=O) groups is 1. The second kappa shape index (κ2) is 7.35. The maximum absolute atomic E-state index is 12.2. The number of rotatable bonds is 5. The van der Waals surface area contributed by atoms with Gasteiger partial charge in [0.1, 0.15) is 23.1 Å². The van der Waals surface area contributed by atoms with Crippen molar-refractivity contribution in [3.63, 3.8) is 0 Å². The minimum atomic E-state index is -0.297. The number of amides is 1. The lowest BCUT2D eigenvalue weighted by atomic mass is 10.2. The number of carbonyl (C=O) groups excluding carboxylic acids is 1. The fraction of sp³-hybridized carbons (Fsp3) is 0.0526. The van der Waals surface area contributed by atoms with Crippen molar-refractivity contribution in [1.82, 2.24) is 10.3 Å². The highest BCUT2D eigenvalue weighted by Crippen LogP contribution is 2.21. The summed E-state index contributed by atoms with van der Waals surface area (Å²) in [6.45, 7) is 0.369. The number of ether oxygens (including phenoxy) is 1. The van der Waals surface area contributed by atoms with Crippen molar-refractivity contribution >= 4 is 17.5 Å². The predicted octanol–water partition coefficient (Wildman–Crippen LogP) is 2.97. The zero-order chi connectivity index (χ0) is 17.6. The molecule has 0 aliphatic carbocycles. The summed E-state index contributed by atoms with van der Waals surface area (Å²) >= 11 is 0. The first-order valence-corrected chi connectivity index (χ1v) is 7.74. The van der Waals surface area contributed by atoms with E-state index in [4.69, 9.17) is 16.2 Å². The number of anilines is 2. The summed E-state index contributed by atoms with van der Waals surface area (Å²) in [7, 11) is 0. The average molecular weight is 334 g/mol. The van der Waals surface area contributed by atoms with Gasteiger partial charge in [-0.2, -0.15) is 0 Å². The van der Waals surface area contributed by atoms with Gasteiger partial charge in [0.05, 0.1) is 5.56 Å². The first-order valence-electron chi connectivity index (χ1n) is 7.74. The SMILES string of the molecule is Nc1ccc(C(=O)NCc2ccc(Oc3ccccc3)cc2)c(N)n1. The number of pyridine rings is 1. The first-order chi connectivity index (χ1) is 12.1. The van der Waals surface area contributed by atoms with E-state index in [0.29, 0.717) is 12.1 Å². The molecule has 0 bridgehead atoms. The van der Waals surface area contributed by atoms with Crippen LogP contribution >= 0.6 is 0 Å². The van der Waals surface area contributed by atoms with Crippen molar-refractivity contribution in [2.45, 2.75) is 6.54 Å². The van der Waals surface area contributed by atoms with Crippen molar-refractivity contribution in [3.05, 3.63) is 77.9 Å². The van der Waals surface area contributed by atoms with Crippen LogP contribution in [0.5, 0.6) is 11.5 Å². The van der Waals surface area contributed by atoms with Crippen molar-refractivity contribution in [1.29, 1.82) is 0 Å². The molecule has 0 unspecified atom stereocenters. The Balaban J connectivity index is 1.59. The summed E-state index contributed by atoms with van der Waals surface area (Å²) < 4.78 is 5.73. The fourth-order valence-corrected chi connectivity index (χ4v) is 2.26. The lowest BCUT2D eigenvalue weighted by Gasteiger charge is -2.09. The van der Waals surface area contributed by atoms with E-state index in [1.54, 1.807) is 12.1 Å². The standard InChI is InChI=1S/C19H18N4O2/c20-17-11-10-16(18(21)23-17)19(24)22-12-13-6-8-15(9-7-13)25-14-4-2-1-3-5-14/h1-11H,12H2,(H,22,24)(H4,20,21,23). The normalized spacial score (nSPS) is 10.2. The Hall–Kier alpha value is -3.54. The van der Waals surface area contributed by atoms with Gasteiger partial charge in [-0.25, -0.2) is 4.98 Å². The Bertz CT molecular complexity index is 864. The van der Waals surface area contributed by atoms with Crippen molar-refractivity contribution in [2.24, 2.45) is 0 Å². The van der Waals surface area contributed by atoms with Gasteiger partial charge >= 0.3 is 0 Å². The number of hydrogen-bond donors (Lipinski definition) is 3. The molecule has 6 heteroatoms. The molecule has 2 aromatic carbocycles. The Morgan fingerprint density at radius 3 is 2.28 bits per heavy atom. The van der Waals surface area contributed by atoms with Gasteiger partial charge < -0.3 is 21.5 Å². The fourth-order valence-electron chi connectivity index (χ4n) is 2.26. The second-order valence-electron chi connectivity index (χ2n) is 5.41. The Morgan fingerprint density at radius 1 is 0.920 bits per heavy atom. The molecule has 3 aromatic rings. The monoisotopic (exact) mass is 334 g/mol. The zero-order valence-corrected chi connectivity index (χ0v) is 13.5. The number of nitrogens with zero attached hydrogens (tertiary/aromatic N) is 1. The lowest BCUT2D eigenvalue weighted by Crippen LogP contribution is -2.24. The van der Waals surface area contributed by atoms with Crippen LogP contribution in [0.1, 0.15) is 15.9 Å². The minimum absolute atomic E-state index is 0.115. The molecule has 25 heavy (non-hydrogen) atoms. The van der Waals surface area contributed by atoms with E-state index in [0.717, 1.165) is 17.1 Å². The summed E-state index contributed by atoms with van der Waals surface area (Å²) in [6, 6.07) is 20.1. The summed E-state index contributed by atoms with van der Waals surface area (Å²) in [5.74, 6) is 1.60. The Labute approximate surface area is 145 Å². The molecule has 6 nitrogen and oxygen atoms in total. The van der Waals surface area contributed by atoms with E-state index < -0.39 is 0 Å². The predicted molar refractivity (Wildman–Crippen MR) is 97.2 cm³/mol. The van der Waals surface area contributed by atoms with Gasteiger partial charge in [-0.05, 0) is 42.0 Å². The maximum atomic E-state index is 12.2. The van der Waals surface area contributed by atoms with Crippen LogP contribution in [-0.2, 0) is 6.54 Å². The number of nitrogens with one attached hydrogen (secondary N) is 1. The molecule has 126 valence electrons. The summed E-state index contributed by atoms with van der Waals surface area (Å²) in [6.07, 6.45) is 0. The van der Waals surface area contributed by atoms with Crippen molar-refractivity contribution in [3.8, 4) is 11.5 Å². The quantitative estimate of drug-likeness (QED) is 0.665. The smallest absolute Gasteiger partial charge is 0.255 e. The van der Waals surface area contributed by atoms with Crippen molar-refractivity contribution in [2.75, 3.05) is 11.5 Å². The maximum Gasteiger partial charge on any atom is 0.255 e. The van der Waals surface area contributed by atoms with Gasteiger partial charge in [0.15, 0.2) is 0 Å². The third-order valence-corrected chi connectivity index (χ3v) is 3.55. The Kier molecular flexibility index (Phi) is 4.80.